The molecule has 0 saturated heterocycles. The highest BCUT2D eigenvalue weighted by atomic mass is 35.5. The first-order chi connectivity index (χ1) is 17.1. The average Bonchev–Trinajstić information content (AvgIpc) is 2.85. The Balaban J connectivity index is 2.04. The molecule has 0 aliphatic rings. The number of hydrogen-bond donors (Lipinski definition) is 1. The second-order valence-corrected chi connectivity index (χ2v) is 10.9. The minimum absolute atomic E-state index is 0.0217. The first kappa shape index (κ1) is 27.5. The molecule has 0 aromatic heterocycles. The summed E-state index contributed by atoms with van der Waals surface area (Å²) in [5, 5.41) is 3.39. The van der Waals surface area contributed by atoms with Gasteiger partial charge in [-0.3, -0.25) is 13.9 Å². The zero-order valence-electron chi connectivity index (χ0n) is 19.9. The van der Waals surface area contributed by atoms with Crippen LogP contribution in [0.15, 0.2) is 78.9 Å². The van der Waals surface area contributed by atoms with Crippen LogP contribution in [-0.2, 0) is 32.6 Å². The molecular weight excluding hydrogens is 521 g/mol. The predicted molar refractivity (Wildman–Crippen MR) is 144 cm³/mol. The summed E-state index contributed by atoms with van der Waals surface area (Å²) in [6.07, 6.45) is 1.26. The molecule has 7 nitrogen and oxygen atoms in total. The summed E-state index contributed by atoms with van der Waals surface area (Å²) < 4.78 is 26.3. The van der Waals surface area contributed by atoms with Gasteiger partial charge in [-0.15, -0.1) is 0 Å². The van der Waals surface area contributed by atoms with E-state index < -0.39 is 28.5 Å². The quantitative estimate of drug-likeness (QED) is 0.413. The third-order valence-electron chi connectivity index (χ3n) is 5.60. The first-order valence-electron chi connectivity index (χ1n) is 11.1. The van der Waals surface area contributed by atoms with Crippen LogP contribution in [0.25, 0.3) is 0 Å². The maximum atomic E-state index is 13.8. The Bertz CT molecular complexity index is 1310. The van der Waals surface area contributed by atoms with Crippen molar-refractivity contribution in [2.24, 2.45) is 0 Å². The number of amides is 2. The lowest BCUT2D eigenvalue weighted by Gasteiger charge is -2.33. The summed E-state index contributed by atoms with van der Waals surface area (Å²) in [5.41, 5.74) is 1.76. The van der Waals surface area contributed by atoms with E-state index >= 15 is 0 Å². The van der Waals surface area contributed by atoms with Gasteiger partial charge in [0.1, 0.15) is 12.6 Å². The number of hydrogen-bond acceptors (Lipinski definition) is 4. The van der Waals surface area contributed by atoms with Crippen LogP contribution in [-0.4, -0.2) is 51.0 Å². The van der Waals surface area contributed by atoms with Crippen LogP contribution in [0.1, 0.15) is 11.1 Å². The van der Waals surface area contributed by atoms with Gasteiger partial charge in [0.2, 0.25) is 21.8 Å². The van der Waals surface area contributed by atoms with E-state index in [0.29, 0.717) is 21.3 Å². The van der Waals surface area contributed by atoms with Gasteiger partial charge in [0.25, 0.3) is 0 Å². The van der Waals surface area contributed by atoms with Gasteiger partial charge in [0.05, 0.1) is 11.9 Å². The molecule has 0 saturated carbocycles. The number of carbonyl (C=O) groups excluding carboxylic acids is 2. The van der Waals surface area contributed by atoms with Gasteiger partial charge in [-0.25, -0.2) is 8.42 Å². The molecule has 10 heteroatoms. The minimum Gasteiger partial charge on any atom is -0.357 e. The molecule has 3 aromatic rings. The zero-order chi connectivity index (χ0) is 26.3. The number of nitrogens with zero attached hydrogens (tertiary/aromatic N) is 2. The molecule has 0 spiro atoms. The van der Waals surface area contributed by atoms with Gasteiger partial charge >= 0.3 is 0 Å². The molecule has 1 atom stereocenters. The highest BCUT2D eigenvalue weighted by molar-refractivity contribution is 7.92. The maximum absolute atomic E-state index is 13.8. The number of sulfonamides is 1. The van der Waals surface area contributed by atoms with Crippen LogP contribution in [0, 0.1) is 0 Å². The average molecular weight is 548 g/mol. The van der Waals surface area contributed by atoms with Crippen LogP contribution in [0.5, 0.6) is 0 Å². The number of para-hydroxylation sites is 1. The molecule has 190 valence electrons. The predicted octanol–water partition coefficient (Wildman–Crippen LogP) is 4.15. The Hall–Kier alpha value is -3.07. The molecule has 0 heterocycles. The highest BCUT2D eigenvalue weighted by Gasteiger charge is 2.32. The van der Waals surface area contributed by atoms with E-state index in [0.717, 1.165) is 16.1 Å². The second-order valence-electron chi connectivity index (χ2n) is 8.18. The Morgan fingerprint density at radius 3 is 2.11 bits per heavy atom. The van der Waals surface area contributed by atoms with E-state index in [1.807, 2.05) is 30.3 Å². The molecule has 0 aliphatic heterocycles. The van der Waals surface area contributed by atoms with Crippen molar-refractivity contribution in [3.8, 4) is 0 Å². The van der Waals surface area contributed by atoms with Gasteiger partial charge in [0.15, 0.2) is 0 Å². The van der Waals surface area contributed by atoms with E-state index in [1.54, 1.807) is 48.5 Å². The lowest BCUT2D eigenvalue weighted by Crippen LogP contribution is -2.52. The molecule has 0 aliphatic carbocycles. The van der Waals surface area contributed by atoms with Crippen LogP contribution >= 0.6 is 23.2 Å². The van der Waals surface area contributed by atoms with E-state index in [1.165, 1.54) is 11.9 Å². The Labute approximate surface area is 221 Å². The topological polar surface area (TPSA) is 86.8 Å². The summed E-state index contributed by atoms with van der Waals surface area (Å²) in [7, 11) is -2.31. The van der Waals surface area contributed by atoms with E-state index in [-0.39, 0.29) is 18.9 Å². The number of likely N-dealkylation sites (N-methyl/N-ethyl adjacent to an activating group) is 1. The number of halogens is 2. The maximum Gasteiger partial charge on any atom is 0.244 e. The number of rotatable bonds is 10. The molecule has 0 radical (unpaired) electrons. The molecule has 2 amide bonds. The van der Waals surface area contributed by atoms with Gasteiger partial charge in [-0.1, -0.05) is 77.8 Å². The molecule has 0 bridgehead atoms. The van der Waals surface area contributed by atoms with E-state index in [4.69, 9.17) is 23.2 Å². The van der Waals surface area contributed by atoms with Crippen LogP contribution in [0.3, 0.4) is 0 Å². The lowest BCUT2D eigenvalue weighted by atomic mass is 10.0. The van der Waals surface area contributed by atoms with Crippen molar-refractivity contribution in [1.82, 2.24) is 10.2 Å². The molecule has 3 rings (SSSR count). The summed E-state index contributed by atoms with van der Waals surface area (Å²) >= 11 is 12.4. The second kappa shape index (κ2) is 12.3. The van der Waals surface area contributed by atoms with Crippen molar-refractivity contribution in [3.63, 3.8) is 0 Å². The molecule has 3 aromatic carbocycles. The summed E-state index contributed by atoms with van der Waals surface area (Å²) in [6.45, 7) is -0.511. The summed E-state index contributed by atoms with van der Waals surface area (Å²) in [5.74, 6) is -0.942. The van der Waals surface area contributed by atoms with Crippen LogP contribution in [0.2, 0.25) is 10.0 Å². The molecule has 36 heavy (non-hydrogen) atoms. The zero-order valence-corrected chi connectivity index (χ0v) is 22.2. The largest absolute Gasteiger partial charge is 0.357 e. The van der Waals surface area contributed by atoms with E-state index in [2.05, 4.69) is 5.32 Å². The van der Waals surface area contributed by atoms with Crippen molar-refractivity contribution < 1.29 is 18.0 Å². The third-order valence-corrected chi connectivity index (χ3v) is 7.32. The van der Waals surface area contributed by atoms with Crippen LogP contribution in [0.4, 0.5) is 5.69 Å². The van der Waals surface area contributed by atoms with Crippen molar-refractivity contribution in [2.45, 2.75) is 19.0 Å². The van der Waals surface area contributed by atoms with E-state index in [9.17, 15) is 18.0 Å². The first-order valence-corrected chi connectivity index (χ1v) is 13.7. The Morgan fingerprint density at radius 2 is 1.56 bits per heavy atom. The van der Waals surface area contributed by atoms with Crippen molar-refractivity contribution in [2.75, 3.05) is 24.2 Å². The molecule has 1 N–H and O–H groups in total. The van der Waals surface area contributed by atoms with Gasteiger partial charge in [-0.05, 0) is 35.4 Å². The number of benzene rings is 3. The third kappa shape index (κ3) is 7.22. The van der Waals surface area contributed by atoms with Gasteiger partial charge in [-0.2, -0.15) is 0 Å². The monoisotopic (exact) mass is 547 g/mol. The molecular formula is C26H27Cl2N3O4S. The van der Waals surface area contributed by atoms with Crippen LogP contribution < -0.4 is 9.62 Å². The van der Waals surface area contributed by atoms with Gasteiger partial charge in [0, 0.05) is 30.1 Å². The Kier molecular flexibility index (Phi) is 9.37. The smallest absolute Gasteiger partial charge is 0.244 e. The van der Waals surface area contributed by atoms with Crippen molar-refractivity contribution in [3.05, 3.63) is 100 Å². The number of carbonyl (C=O) groups is 2. The lowest BCUT2D eigenvalue weighted by molar-refractivity contribution is -0.139. The summed E-state index contributed by atoms with van der Waals surface area (Å²) in [4.78, 5) is 28.2. The highest BCUT2D eigenvalue weighted by Crippen LogP contribution is 2.25. The SMILES string of the molecule is CNC(=O)C(Cc1ccccc1)N(Cc1ccc(Cl)cc1Cl)C(=O)CN(c1ccccc1)S(C)(=O)=O. The number of nitrogens with one attached hydrogen (secondary N) is 1. The standard InChI is InChI=1S/C26H27Cl2N3O4S/c1-29-26(33)24(15-19-9-5-3-6-10-19)30(17-20-13-14-21(27)16-23(20)28)25(32)18-31(36(2,34)35)22-11-7-4-8-12-22/h3-14,16,24H,15,17-18H2,1-2H3,(H,29,33). The summed E-state index contributed by atoms with van der Waals surface area (Å²) in [6, 6.07) is 21.6. The number of anilines is 1. The molecule has 1 unspecified atom stereocenters. The van der Waals surface area contributed by atoms with Crippen molar-refractivity contribution in [1.29, 1.82) is 0 Å². The normalized spacial score (nSPS) is 12.0. The fourth-order valence-electron chi connectivity index (χ4n) is 3.76. The fraction of sp³-hybridized carbons (Fsp3) is 0.231. The molecule has 0 fully saturated rings. The van der Waals surface area contributed by atoms with Gasteiger partial charge < -0.3 is 10.2 Å². The minimum atomic E-state index is -3.80. The van der Waals surface area contributed by atoms with Crippen molar-refractivity contribution >= 4 is 50.7 Å². The Morgan fingerprint density at radius 1 is 0.944 bits per heavy atom. The fourth-order valence-corrected chi connectivity index (χ4v) is 5.08.